The molecule has 0 heterocycles. The topological polar surface area (TPSA) is 72.5 Å². The van der Waals surface area contributed by atoms with Crippen LogP contribution in [0.25, 0.3) is 0 Å². The maximum absolute atomic E-state index is 12.1. The first-order valence-corrected chi connectivity index (χ1v) is 9.61. The van der Waals surface area contributed by atoms with Crippen molar-refractivity contribution in [1.82, 2.24) is 0 Å². The molecule has 2 rings (SSSR count). The lowest BCUT2D eigenvalue weighted by molar-refractivity contribution is -0.147. The molecule has 1 N–H and O–H groups in total. The number of halogens is 1. The van der Waals surface area contributed by atoms with E-state index in [0.717, 1.165) is 17.7 Å². The van der Waals surface area contributed by atoms with Crippen molar-refractivity contribution < 1.29 is 19.1 Å². The van der Waals surface area contributed by atoms with Crippen molar-refractivity contribution in [3.8, 4) is 0 Å². The number of anilines is 1. The van der Waals surface area contributed by atoms with Crippen LogP contribution >= 0.6 is 11.6 Å². The fourth-order valence-electron chi connectivity index (χ4n) is 2.66. The zero-order chi connectivity index (χ0) is 20.5. The summed E-state index contributed by atoms with van der Waals surface area (Å²) in [6, 6.07) is 14.0. The number of carbonyl (C=O) groups excluding carboxylic acids is 3. The number of ether oxygens (including phenoxy) is 1. The summed E-state index contributed by atoms with van der Waals surface area (Å²) in [5, 5.41) is 3.32. The molecule has 0 spiro atoms. The Labute approximate surface area is 170 Å². The maximum atomic E-state index is 12.1. The molecular weight excluding hydrogens is 378 g/mol. The largest absolute Gasteiger partial charge is 0.456 e. The number of nitrogens with one attached hydrogen (secondary N) is 1. The number of benzene rings is 2. The monoisotopic (exact) mass is 401 g/mol. The molecule has 28 heavy (non-hydrogen) atoms. The van der Waals surface area contributed by atoms with E-state index >= 15 is 0 Å². The Morgan fingerprint density at radius 3 is 2.39 bits per heavy atom. The number of hydrogen-bond donors (Lipinski definition) is 1. The fraction of sp³-hybridized carbons (Fsp3) is 0.318. The smallest absolute Gasteiger partial charge is 0.306 e. The first-order valence-electron chi connectivity index (χ1n) is 9.23. The summed E-state index contributed by atoms with van der Waals surface area (Å²) in [4.78, 5) is 36.0. The molecule has 148 valence electrons. The Hall–Kier alpha value is -2.66. The Morgan fingerprint density at radius 1 is 1.04 bits per heavy atom. The van der Waals surface area contributed by atoms with Gasteiger partial charge in [-0.15, -0.1) is 0 Å². The van der Waals surface area contributed by atoms with Crippen LogP contribution in [0.15, 0.2) is 48.5 Å². The van der Waals surface area contributed by atoms with Gasteiger partial charge in [0.05, 0.1) is 6.42 Å². The second kappa shape index (κ2) is 10.6. The van der Waals surface area contributed by atoms with Gasteiger partial charge < -0.3 is 10.1 Å². The Morgan fingerprint density at radius 2 is 1.71 bits per heavy atom. The van der Waals surface area contributed by atoms with Gasteiger partial charge in [0.2, 0.25) is 0 Å². The number of esters is 1. The second-order valence-corrected chi connectivity index (χ2v) is 6.97. The number of amides is 1. The van der Waals surface area contributed by atoms with Gasteiger partial charge in [-0.2, -0.15) is 0 Å². The van der Waals surface area contributed by atoms with Gasteiger partial charge in [-0.25, -0.2) is 0 Å². The fourth-order valence-corrected chi connectivity index (χ4v) is 2.79. The van der Waals surface area contributed by atoms with Crippen molar-refractivity contribution in [1.29, 1.82) is 0 Å². The predicted molar refractivity (Wildman–Crippen MR) is 110 cm³/mol. The van der Waals surface area contributed by atoms with Crippen LogP contribution in [0, 0.1) is 0 Å². The van der Waals surface area contributed by atoms with Crippen LogP contribution in [0.3, 0.4) is 0 Å². The van der Waals surface area contributed by atoms with Gasteiger partial charge in [-0.05, 0) is 48.2 Å². The van der Waals surface area contributed by atoms with E-state index < -0.39 is 11.9 Å². The van der Waals surface area contributed by atoms with Crippen LogP contribution in [-0.4, -0.2) is 24.3 Å². The van der Waals surface area contributed by atoms with Crippen LogP contribution < -0.4 is 5.32 Å². The highest BCUT2D eigenvalue weighted by molar-refractivity contribution is 6.30. The van der Waals surface area contributed by atoms with Crippen LogP contribution in [0.1, 0.15) is 54.9 Å². The number of carbonyl (C=O) groups is 3. The lowest BCUT2D eigenvalue weighted by Gasteiger charge is -2.15. The van der Waals surface area contributed by atoms with Crippen molar-refractivity contribution in [3.05, 3.63) is 64.7 Å². The highest BCUT2D eigenvalue weighted by atomic mass is 35.5. The number of para-hydroxylation sites is 1. The summed E-state index contributed by atoms with van der Waals surface area (Å²) >= 11 is 5.78. The van der Waals surface area contributed by atoms with Gasteiger partial charge in [-0.3, -0.25) is 14.4 Å². The Kier molecular flexibility index (Phi) is 8.20. The number of Topliss-reactive ketones (excluding diaryl/α,β-unsaturated/α-hetero) is 1. The minimum Gasteiger partial charge on any atom is -0.456 e. The zero-order valence-electron chi connectivity index (χ0n) is 16.0. The molecule has 0 aromatic heterocycles. The molecule has 1 amide bonds. The van der Waals surface area contributed by atoms with E-state index in [2.05, 4.69) is 19.2 Å². The van der Waals surface area contributed by atoms with Gasteiger partial charge in [0.1, 0.15) is 0 Å². The molecule has 0 radical (unpaired) electrons. The molecule has 0 aliphatic carbocycles. The molecular formula is C22H24ClNO4. The Bertz CT molecular complexity index is 833. The molecule has 0 aliphatic heterocycles. The average molecular weight is 402 g/mol. The van der Waals surface area contributed by atoms with E-state index in [-0.39, 0.29) is 25.2 Å². The van der Waals surface area contributed by atoms with E-state index in [1.54, 1.807) is 24.3 Å². The normalized spacial score (nSPS) is 11.5. The van der Waals surface area contributed by atoms with Crippen LogP contribution in [0.4, 0.5) is 5.69 Å². The average Bonchev–Trinajstić information content (AvgIpc) is 2.70. The number of hydrogen-bond acceptors (Lipinski definition) is 4. The molecule has 0 saturated heterocycles. The quantitative estimate of drug-likeness (QED) is 0.474. The van der Waals surface area contributed by atoms with Gasteiger partial charge in [0.15, 0.2) is 12.4 Å². The van der Waals surface area contributed by atoms with E-state index in [4.69, 9.17) is 16.3 Å². The summed E-state index contributed by atoms with van der Waals surface area (Å²) in [6.07, 6.45) is 0.876. The Balaban J connectivity index is 1.79. The second-order valence-electron chi connectivity index (χ2n) is 6.54. The van der Waals surface area contributed by atoms with Gasteiger partial charge >= 0.3 is 5.97 Å². The van der Waals surface area contributed by atoms with Crippen molar-refractivity contribution >= 4 is 34.9 Å². The molecule has 0 unspecified atom stereocenters. The van der Waals surface area contributed by atoms with Gasteiger partial charge in [0.25, 0.3) is 5.91 Å². The van der Waals surface area contributed by atoms with Crippen LogP contribution in [0.5, 0.6) is 0 Å². The summed E-state index contributed by atoms with van der Waals surface area (Å²) in [7, 11) is 0. The molecule has 0 aliphatic rings. The zero-order valence-corrected chi connectivity index (χ0v) is 16.8. The maximum Gasteiger partial charge on any atom is 0.306 e. The predicted octanol–water partition coefficient (Wildman–Crippen LogP) is 5.00. The van der Waals surface area contributed by atoms with Crippen molar-refractivity contribution in [2.75, 3.05) is 11.9 Å². The van der Waals surface area contributed by atoms with Crippen molar-refractivity contribution in [3.63, 3.8) is 0 Å². The third-order valence-electron chi connectivity index (χ3n) is 4.46. The first kappa shape index (κ1) is 21.6. The lowest BCUT2D eigenvalue weighted by Crippen LogP contribution is -2.22. The van der Waals surface area contributed by atoms with E-state index in [1.807, 2.05) is 24.3 Å². The summed E-state index contributed by atoms with van der Waals surface area (Å²) in [6.45, 7) is 3.78. The molecule has 1 atom stereocenters. The first-order chi connectivity index (χ1) is 13.4. The molecule has 6 heteroatoms. The van der Waals surface area contributed by atoms with Gasteiger partial charge in [0, 0.05) is 22.7 Å². The molecule has 0 saturated carbocycles. The molecule has 5 nitrogen and oxygen atoms in total. The molecule has 2 aromatic rings. The summed E-state index contributed by atoms with van der Waals surface area (Å²) in [5.74, 6) is -0.876. The van der Waals surface area contributed by atoms with E-state index in [1.165, 1.54) is 0 Å². The van der Waals surface area contributed by atoms with Crippen LogP contribution in [-0.2, 0) is 14.3 Å². The highest BCUT2D eigenvalue weighted by Gasteiger charge is 2.14. The highest BCUT2D eigenvalue weighted by Crippen LogP contribution is 2.26. The molecule has 2 aromatic carbocycles. The van der Waals surface area contributed by atoms with E-state index in [9.17, 15) is 14.4 Å². The molecule has 0 bridgehead atoms. The summed E-state index contributed by atoms with van der Waals surface area (Å²) < 4.78 is 4.98. The number of rotatable bonds is 9. The lowest BCUT2D eigenvalue weighted by atomic mass is 9.97. The molecule has 0 fully saturated rings. The third kappa shape index (κ3) is 6.50. The summed E-state index contributed by atoms with van der Waals surface area (Å²) in [5.41, 5.74) is 2.24. The van der Waals surface area contributed by atoms with Gasteiger partial charge in [-0.1, -0.05) is 43.6 Å². The third-order valence-corrected chi connectivity index (χ3v) is 4.72. The van der Waals surface area contributed by atoms with Crippen molar-refractivity contribution in [2.45, 2.75) is 39.0 Å². The standard InChI is InChI=1S/C22H24ClNO4/c1-3-15(2)18-6-4-5-7-19(18)24-21(26)14-28-22(27)13-12-20(25)16-8-10-17(23)11-9-16/h4-11,15H,3,12-14H2,1-2H3,(H,24,26)/t15-/m0/s1. The van der Waals surface area contributed by atoms with E-state index in [0.29, 0.717) is 16.5 Å². The number of ketones is 1. The minimum absolute atomic E-state index is 0.0128. The minimum atomic E-state index is -0.590. The SMILES string of the molecule is CC[C@H](C)c1ccccc1NC(=O)COC(=O)CCC(=O)c1ccc(Cl)cc1. The van der Waals surface area contributed by atoms with Crippen LogP contribution in [0.2, 0.25) is 5.02 Å². The van der Waals surface area contributed by atoms with Crippen molar-refractivity contribution in [2.24, 2.45) is 0 Å².